The Morgan fingerprint density at radius 2 is 1.85 bits per heavy atom. The Hall–Kier alpha value is -3.02. The summed E-state index contributed by atoms with van der Waals surface area (Å²) in [5.41, 5.74) is 1.86. The maximum absolute atomic E-state index is 12.6. The number of hydrogen-bond acceptors (Lipinski definition) is 4. The molecule has 0 aromatic heterocycles. The van der Waals surface area contributed by atoms with E-state index in [1.807, 2.05) is 66.4 Å². The first kappa shape index (κ1) is 17.8. The third kappa shape index (κ3) is 3.96. The molecule has 0 radical (unpaired) electrons. The third-order valence-corrected chi connectivity index (χ3v) is 4.41. The van der Waals surface area contributed by atoms with Gasteiger partial charge in [0.1, 0.15) is 5.75 Å². The van der Waals surface area contributed by atoms with Crippen LogP contribution in [0.3, 0.4) is 0 Å². The van der Waals surface area contributed by atoms with E-state index in [1.165, 1.54) is 0 Å². The summed E-state index contributed by atoms with van der Waals surface area (Å²) in [6.45, 7) is 2.43. The van der Waals surface area contributed by atoms with Crippen LogP contribution in [-0.2, 0) is 9.59 Å². The van der Waals surface area contributed by atoms with Gasteiger partial charge in [0.2, 0.25) is 5.91 Å². The smallest absolute Gasteiger partial charge is 0.262 e. The van der Waals surface area contributed by atoms with Crippen molar-refractivity contribution in [1.82, 2.24) is 10.6 Å². The summed E-state index contributed by atoms with van der Waals surface area (Å²) in [6.07, 6.45) is -0.644. The standard InChI is InChI=1S/C20H23N3O3/c1-14(15-8-4-3-5-9-15)22-19(24)13-23-12-18(20(25)21-2)26-17-11-7-6-10-16(17)23/h3-11,14,18H,12-13H2,1-2H3,(H,21,25)(H,22,24)/t14-,18+/m0/s1. The minimum Gasteiger partial charge on any atom is -0.477 e. The number of rotatable bonds is 5. The molecule has 2 aromatic carbocycles. The Bertz CT molecular complexity index is 779. The molecular formula is C20H23N3O3. The number of nitrogens with one attached hydrogen (secondary N) is 2. The number of amides is 2. The van der Waals surface area contributed by atoms with Crippen LogP contribution in [0.4, 0.5) is 5.69 Å². The van der Waals surface area contributed by atoms with E-state index in [-0.39, 0.29) is 24.4 Å². The molecule has 1 heterocycles. The van der Waals surface area contributed by atoms with Gasteiger partial charge in [-0.05, 0) is 24.6 Å². The quantitative estimate of drug-likeness (QED) is 0.861. The van der Waals surface area contributed by atoms with Crippen LogP contribution in [0.25, 0.3) is 0 Å². The van der Waals surface area contributed by atoms with E-state index in [0.29, 0.717) is 12.3 Å². The average Bonchev–Trinajstić information content (AvgIpc) is 2.67. The second kappa shape index (κ2) is 7.91. The Morgan fingerprint density at radius 3 is 2.58 bits per heavy atom. The summed E-state index contributed by atoms with van der Waals surface area (Å²) >= 11 is 0. The molecule has 1 aliphatic heterocycles. The number of para-hydroxylation sites is 2. The number of anilines is 1. The average molecular weight is 353 g/mol. The minimum absolute atomic E-state index is 0.0882. The second-order valence-electron chi connectivity index (χ2n) is 6.27. The van der Waals surface area contributed by atoms with E-state index >= 15 is 0 Å². The van der Waals surface area contributed by atoms with Crippen molar-refractivity contribution < 1.29 is 14.3 Å². The summed E-state index contributed by atoms with van der Waals surface area (Å²) in [5.74, 6) is 0.299. The summed E-state index contributed by atoms with van der Waals surface area (Å²) < 4.78 is 5.76. The third-order valence-electron chi connectivity index (χ3n) is 4.41. The Kier molecular flexibility index (Phi) is 5.41. The molecule has 2 N–H and O–H groups in total. The van der Waals surface area contributed by atoms with Gasteiger partial charge in [-0.2, -0.15) is 0 Å². The van der Waals surface area contributed by atoms with Crippen LogP contribution in [-0.4, -0.2) is 38.1 Å². The van der Waals surface area contributed by atoms with Gasteiger partial charge in [0.15, 0.2) is 6.10 Å². The molecule has 0 saturated heterocycles. The highest BCUT2D eigenvalue weighted by Gasteiger charge is 2.31. The first-order valence-electron chi connectivity index (χ1n) is 8.65. The molecule has 26 heavy (non-hydrogen) atoms. The zero-order valence-electron chi connectivity index (χ0n) is 14.9. The summed E-state index contributed by atoms with van der Waals surface area (Å²) in [5, 5.41) is 5.61. The lowest BCUT2D eigenvalue weighted by Gasteiger charge is -2.35. The van der Waals surface area contributed by atoms with Crippen LogP contribution in [0.15, 0.2) is 54.6 Å². The number of carbonyl (C=O) groups is 2. The van der Waals surface area contributed by atoms with Crippen molar-refractivity contribution in [2.45, 2.75) is 19.1 Å². The van der Waals surface area contributed by atoms with Gasteiger partial charge in [-0.3, -0.25) is 9.59 Å². The topological polar surface area (TPSA) is 70.7 Å². The maximum Gasteiger partial charge on any atom is 0.262 e. The molecule has 2 amide bonds. The molecular weight excluding hydrogens is 330 g/mol. The molecule has 2 atom stereocenters. The molecule has 3 rings (SSSR count). The van der Waals surface area contributed by atoms with E-state index in [2.05, 4.69) is 10.6 Å². The predicted octanol–water partition coefficient (Wildman–Crippen LogP) is 1.88. The monoisotopic (exact) mass is 353 g/mol. The van der Waals surface area contributed by atoms with Crippen molar-refractivity contribution in [3.05, 3.63) is 60.2 Å². The summed E-state index contributed by atoms with van der Waals surface area (Å²) in [4.78, 5) is 26.4. The van der Waals surface area contributed by atoms with Crippen LogP contribution in [0, 0.1) is 0 Å². The van der Waals surface area contributed by atoms with Gasteiger partial charge < -0.3 is 20.3 Å². The number of hydrogen-bond donors (Lipinski definition) is 2. The molecule has 0 fully saturated rings. The molecule has 0 bridgehead atoms. The van der Waals surface area contributed by atoms with Crippen LogP contribution >= 0.6 is 0 Å². The highest BCUT2D eigenvalue weighted by atomic mass is 16.5. The zero-order valence-corrected chi connectivity index (χ0v) is 14.9. The number of carbonyl (C=O) groups excluding carboxylic acids is 2. The highest BCUT2D eigenvalue weighted by Crippen LogP contribution is 2.32. The molecule has 2 aromatic rings. The van der Waals surface area contributed by atoms with Crippen LogP contribution in [0.2, 0.25) is 0 Å². The maximum atomic E-state index is 12.6. The summed E-state index contributed by atoms with van der Waals surface area (Å²) in [6, 6.07) is 17.2. The van der Waals surface area contributed by atoms with Gasteiger partial charge in [-0.25, -0.2) is 0 Å². The highest BCUT2D eigenvalue weighted by molar-refractivity contribution is 5.86. The fourth-order valence-electron chi connectivity index (χ4n) is 3.04. The van der Waals surface area contributed by atoms with Crippen LogP contribution in [0.5, 0.6) is 5.75 Å². The van der Waals surface area contributed by atoms with Crippen molar-refractivity contribution in [2.75, 3.05) is 25.0 Å². The van der Waals surface area contributed by atoms with Crippen molar-refractivity contribution in [3.63, 3.8) is 0 Å². The van der Waals surface area contributed by atoms with Crippen molar-refractivity contribution in [2.24, 2.45) is 0 Å². The van der Waals surface area contributed by atoms with Gasteiger partial charge in [0.05, 0.1) is 24.8 Å². The minimum atomic E-state index is -0.644. The largest absolute Gasteiger partial charge is 0.477 e. The first-order valence-corrected chi connectivity index (χ1v) is 8.65. The summed E-state index contributed by atoms with van der Waals surface area (Å²) in [7, 11) is 1.57. The number of likely N-dealkylation sites (N-methyl/N-ethyl adjacent to an activating group) is 1. The number of ether oxygens (including phenoxy) is 1. The zero-order chi connectivity index (χ0) is 18.5. The second-order valence-corrected chi connectivity index (χ2v) is 6.27. The Labute approximate surface area is 153 Å². The van der Waals surface area contributed by atoms with Gasteiger partial charge in [0, 0.05) is 7.05 Å². The van der Waals surface area contributed by atoms with Crippen LogP contribution < -0.4 is 20.3 Å². The molecule has 0 saturated carbocycles. The van der Waals surface area contributed by atoms with Crippen molar-refractivity contribution in [3.8, 4) is 5.75 Å². The van der Waals surface area contributed by atoms with E-state index in [4.69, 9.17) is 4.74 Å². The fourth-order valence-corrected chi connectivity index (χ4v) is 3.04. The molecule has 0 unspecified atom stereocenters. The lowest BCUT2D eigenvalue weighted by Crippen LogP contribution is -2.50. The first-order chi connectivity index (χ1) is 12.6. The van der Waals surface area contributed by atoms with E-state index in [0.717, 1.165) is 11.3 Å². The lowest BCUT2D eigenvalue weighted by molar-refractivity contribution is -0.127. The van der Waals surface area contributed by atoms with Crippen LogP contribution in [0.1, 0.15) is 18.5 Å². The Balaban J connectivity index is 1.71. The molecule has 1 aliphatic rings. The van der Waals surface area contributed by atoms with Gasteiger partial charge >= 0.3 is 0 Å². The SMILES string of the molecule is CNC(=O)[C@H]1CN(CC(=O)N[C@@H](C)c2ccccc2)c2ccccc2O1. The van der Waals surface area contributed by atoms with E-state index in [1.54, 1.807) is 7.05 Å². The number of fused-ring (bicyclic) bond motifs is 1. The van der Waals surface area contributed by atoms with Gasteiger partial charge in [-0.1, -0.05) is 42.5 Å². The number of nitrogens with zero attached hydrogens (tertiary/aromatic N) is 1. The van der Waals surface area contributed by atoms with Gasteiger partial charge in [0.25, 0.3) is 5.91 Å². The molecule has 136 valence electrons. The molecule has 0 spiro atoms. The number of benzene rings is 2. The van der Waals surface area contributed by atoms with E-state index < -0.39 is 6.10 Å². The molecule has 6 nitrogen and oxygen atoms in total. The normalized spacial score (nSPS) is 16.8. The molecule has 6 heteroatoms. The fraction of sp³-hybridized carbons (Fsp3) is 0.300. The van der Waals surface area contributed by atoms with E-state index in [9.17, 15) is 9.59 Å². The van der Waals surface area contributed by atoms with Gasteiger partial charge in [-0.15, -0.1) is 0 Å². The molecule has 0 aliphatic carbocycles. The predicted molar refractivity (Wildman–Crippen MR) is 100 cm³/mol. The van der Waals surface area contributed by atoms with Crippen molar-refractivity contribution in [1.29, 1.82) is 0 Å². The lowest BCUT2D eigenvalue weighted by atomic mass is 10.1. The Morgan fingerprint density at radius 1 is 1.15 bits per heavy atom. The van der Waals surface area contributed by atoms with Crippen molar-refractivity contribution >= 4 is 17.5 Å².